The topological polar surface area (TPSA) is 73.7 Å². The second kappa shape index (κ2) is 10.9. The van der Waals surface area contributed by atoms with Gasteiger partial charge in [0.05, 0.1) is 30.3 Å². The number of unbranched alkanes of at least 4 members (excludes halogenated alkanes) is 1. The number of imidazole rings is 1. The minimum atomic E-state index is -0.996. The molecular weight excluding hydrogens is 442 g/mol. The van der Waals surface area contributed by atoms with Crippen LogP contribution in [-0.2, 0) is 14.3 Å². The van der Waals surface area contributed by atoms with Crippen molar-refractivity contribution in [1.82, 2.24) is 9.55 Å². The molecule has 0 aliphatic carbocycles. The third-order valence-corrected chi connectivity index (χ3v) is 6.41. The van der Waals surface area contributed by atoms with Gasteiger partial charge in [0.25, 0.3) is 0 Å². The molecular formula is C28H35N3O4. The summed E-state index contributed by atoms with van der Waals surface area (Å²) in [5.74, 6) is 0.143. The van der Waals surface area contributed by atoms with Gasteiger partial charge in [0.1, 0.15) is 5.75 Å². The molecule has 0 unspecified atom stereocenters. The van der Waals surface area contributed by atoms with Gasteiger partial charge in [-0.25, -0.2) is 4.98 Å². The van der Waals surface area contributed by atoms with Crippen LogP contribution in [0.5, 0.6) is 5.75 Å². The van der Waals surface area contributed by atoms with E-state index in [0.29, 0.717) is 25.0 Å². The molecule has 1 aliphatic rings. The Morgan fingerprint density at radius 3 is 2.51 bits per heavy atom. The highest BCUT2D eigenvalue weighted by Crippen LogP contribution is 2.41. The van der Waals surface area contributed by atoms with Crippen LogP contribution in [0.15, 0.2) is 48.5 Å². The van der Waals surface area contributed by atoms with E-state index in [-0.39, 0.29) is 12.5 Å². The Balaban J connectivity index is 1.81. The van der Waals surface area contributed by atoms with Gasteiger partial charge in [-0.3, -0.25) is 14.5 Å². The summed E-state index contributed by atoms with van der Waals surface area (Å²) in [7, 11) is 0. The summed E-state index contributed by atoms with van der Waals surface area (Å²) < 4.78 is 13.3. The number of para-hydroxylation sites is 2. The maximum atomic E-state index is 13.8. The third kappa shape index (κ3) is 5.04. The summed E-state index contributed by atoms with van der Waals surface area (Å²) in [5, 5.41) is 0. The van der Waals surface area contributed by atoms with E-state index in [0.717, 1.165) is 41.6 Å². The Hall–Kier alpha value is -3.35. The smallest absolute Gasteiger partial charge is 0.321 e. The average Bonchev–Trinajstić information content (AvgIpc) is 3.22. The first kappa shape index (κ1) is 24.8. The van der Waals surface area contributed by atoms with Crippen molar-refractivity contribution in [3.05, 3.63) is 54.1 Å². The lowest BCUT2D eigenvalue weighted by molar-refractivity contribution is -0.153. The minimum Gasteiger partial charge on any atom is -0.494 e. The van der Waals surface area contributed by atoms with Gasteiger partial charge >= 0.3 is 5.97 Å². The van der Waals surface area contributed by atoms with Gasteiger partial charge in [-0.2, -0.15) is 0 Å². The van der Waals surface area contributed by atoms with E-state index in [1.807, 2.05) is 53.1 Å². The Kier molecular flexibility index (Phi) is 7.73. The number of nitrogens with zero attached hydrogens (tertiary/aromatic N) is 3. The molecule has 0 fully saturated rings. The number of rotatable bonds is 10. The van der Waals surface area contributed by atoms with Crippen molar-refractivity contribution in [1.29, 1.82) is 0 Å². The molecule has 1 aliphatic heterocycles. The number of esters is 1. The Bertz CT molecular complexity index is 1170. The number of hydrogen-bond donors (Lipinski definition) is 0. The molecule has 0 spiro atoms. The Morgan fingerprint density at radius 2 is 1.83 bits per heavy atom. The predicted octanol–water partition coefficient (Wildman–Crippen LogP) is 5.38. The fraction of sp³-hybridized carbons (Fsp3) is 0.464. The van der Waals surface area contributed by atoms with Gasteiger partial charge < -0.3 is 14.0 Å². The zero-order valence-electron chi connectivity index (χ0n) is 21.1. The molecule has 1 aromatic heterocycles. The number of carbonyl (C=O) groups is 2. The standard InChI is InChI=1S/C28H35N3O4/c1-5-7-17-30-26(32)24(27(33)34-6-2)25(31-23-11-9-8-10-22(23)29-28(30)31)20-12-14-21(15-13-20)35-18-16-19(3)4/h8-15,19,24-25H,5-7,16-18H2,1-4H3/t24-,25+/m0/s1. The molecule has 7 heteroatoms. The molecule has 2 atom stereocenters. The van der Waals surface area contributed by atoms with Crippen LogP contribution in [0.2, 0.25) is 0 Å². The van der Waals surface area contributed by atoms with E-state index in [1.165, 1.54) is 0 Å². The van der Waals surface area contributed by atoms with E-state index in [1.54, 1.807) is 11.8 Å². The van der Waals surface area contributed by atoms with E-state index < -0.39 is 17.9 Å². The van der Waals surface area contributed by atoms with Gasteiger partial charge in [0.2, 0.25) is 11.9 Å². The first-order valence-electron chi connectivity index (χ1n) is 12.6. The fourth-order valence-corrected chi connectivity index (χ4v) is 4.55. The van der Waals surface area contributed by atoms with Crippen molar-refractivity contribution in [2.24, 2.45) is 11.8 Å². The number of amides is 1. The van der Waals surface area contributed by atoms with Crippen LogP contribution in [0.1, 0.15) is 58.6 Å². The third-order valence-electron chi connectivity index (χ3n) is 6.41. The number of carbonyl (C=O) groups excluding carboxylic acids is 2. The van der Waals surface area contributed by atoms with Crippen molar-refractivity contribution < 1.29 is 19.1 Å². The fourth-order valence-electron chi connectivity index (χ4n) is 4.55. The summed E-state index contributed by atoms with van der Waals surface area (Å²) >= 11 is 0. The molecule has 2 heterocycles. The number of anilines is 1. The molecule has 0 saturated heterocycles. The monoisotopic (exact) mass is 477 g/mol. The van der Waals surface area contributed by atoms with Crippen LogP contribution in [0.25, 0.3) is 11.0 Å². The van der Waals surface area contributed by atoms with Crippen LogP contribution in [-0.4, -0.2) is 41.2 Å². The zero-order valence-corrected chi connectivity index (χ0v) is 21.1. The maximum absolute atomic E-state index is 13.8. The van der Waals surface area contributed by atoms with Crippen LogP contribution in [0.3, 0.4) is 0 Å². The van der Waals surface area contributed by atoms with Crippen molar-refractivity contribution in [3.63, 3.8) is 0 Å². The van der Waals surface area contributed by atoms with Crippen LogP contribution in [0, 0.1) is 11.8 Å². The second-order valence-corrected chi connectivity index (χ2v) is 9.39. The summed E-state index contributed by atoms with van der Waals surface area (Å²) in [6.45, 7) is 9.53. The number of benzene rings is 2. The summed E-state index contributed by atoms with van der Waals surface area (Å²) in [6.07, 6.45) is 2.72. The van der Waals surface area contributed by atoms with Crippen LogP contribution >= 0.6 is 0 Å². The van der Waals surface area contributed by atoms with E-state index in [2.05, 4.69) is 20.8 Å². The highest BCUT2D eigenvalue weighted by Gasteiger charge is 2.47. The Morgan fingerprint density at radius 1 is 1.09 bits per heavy atom. The van der Waals surface area contributed by atoms with Gasteiger partial charge in [0, 0.05) is 6.54 Å². The molecule has 4 rings (SSSR count). The van der Waals surface area contributed by atoms with Gasteiger partial charge in [-0.1, -0.05) is 51.5 Å². The molecule has 3 aromatic rings. The van der Waals surface area contributed by atoms with E-state index >= 15 is 0 Å². The van der Waals surface area contributed by atoms with Crippen molar-refractivity contribution in [2.75, 3.05) is 24.7 Å². The largest absolute Gasteiger partial charge is 0.494 e. The normalized spacial score (nSPS) is 17.6. The minimum absolute atomic E-state index is 0.213. The molecule has 0 bridgehead atoms. The van der Waals surface area contributed by atoms with Crippen LogP contribution in [0.4, 0.5) is 5.95 Å². The molecule has 0 radical (unpaired) electrons. The highest BCUT2D eigenvalue weighted by molar-refractivity contribution is 6.08. The van der Waals surface area contributed by atoms with Crippen molar-refractivity contribution >= 4 is 28.9 Å². The summed E-state index contributed by atoms with van der Waals surface area (Å²) in [5.41, 5.74) is 2.51. The van der Waals surface area contributed by atoms with E-state index in [4.69, 9.17) is 14.5 Å². The van der Waals surface area contributed by atoms with E-state index in [9.17, 15) is 9.59 Å². The van der Waals surface area contributed by atoms with Crippen molar-refractivity contribution in [3.8, 4) is 5.75 Å². The molecule has 2 aromatic carbocycles. The Labute approximate surface area is 207 Å². The number of aromatic nitrogens is 2. The molecule has 35 heavy (non-hydrogen) atoms. The second-order valence-electron chi connectivity index (χ2n) is 9.39. The first-order chi connectivity index (χ1) is 17.0. The first-order valence-corrected chi connectivity index (χ1v) is 12.6. The molecule has 1 amide bonds. The number of hydrogen-bond acceptors (Lipinski definition) is 5. The molecule has 7 nitrogen and oxygen atoms in total. The molecule has 0 saturated carbocycles. The lowest BCUT2D eigenvalue weighted by atomic mass is 9.89. The molecule has 0 N–H and O–H groups in total. The molecule has 186 valence electrons. The number of fused-ring (bicyclic) bond motifs is 3. The summed E-state index contributed by atoms with van der Waals surface area (Å²) in [4.78, 5) is 33.5. The SMILES string of the molecule is CCCCN1C(=O)[C@@H](C(=O)OCC)[C@@H](c2ccc(OCCC(C)C)cc2)n2c1nc1ccccc12. The van der Waals surface area contributed by atoms with Gasteiger partial charge in [-0.05, 0) is 55.5 Å². The van der Waals surface area contributed by atoms with Gasteiger partial charge in [-0.15, -0.1) is 0 Å². The quantitative estimate of drug-likeness (QED) is 0.290. The lowest BCUT2D eigenvalue weighted by Crippen LogP contribution is -2.50. The van der Waals surface area contributed by atoms with Crippen molar-refractivity contribution in [2.45, 2.75) is 53.0 Å². The predicted molar refractivity (Wildman–Crippen MR) is 137 cm³/mol. The lowest BCUT2D eigenvalue weighted by Gasteiger charge is -2.38. The summed E-state index contributed by atoms with van der Waals surface area (Å²) in [6, 6.07) is 14.9. The maximum Gasteiger partial charge on any atom is 0.321 e. The zero-order chi connectivity index (χ0) is 24.9. The average molecular weight is 478 g/mol. The highest BCUT2D eigenvalue weighted by atomic mass is 16.5. The van der Waals surface area contributed by atoms with Crippen LogP contribution < -0.4 is 9.64 Å². The van der Waals surface area contributed by atoms with Gasteiger partial charge in [0.15, 0.2) is 5.92 Å². The number of ether oxygens (including phenoxy) is 2.